The molecule has 5 rings (SSSR count). The van der Waals surface area contributed by atoms with Gasteiger partial charge in [-0.05, 0) is 71.6 Å². The van der Waals surface area contributed by atoms with Crippen LogP contribution in [-0.4, -0.2) is 28.9 Å². The van der Waals surface area contributed by atoms with E-state index in [2.05, 4.69) is 38.2 Å². The SMILES string of the molecule is CC(C)(C)c1ccc(-c2cc3cc(C4(c5ccc(C(O)NCCC(=O)O)cc5)CCC(C(F)(F)F)CC4)ccc3o2)cc1. The fraction of sp³-hybridized carbons (Fsp3) is 0.400. The second-order valence-electron chi connectivity index (χ2n) is 12.7. The summed E-state index contributed by atoms with van der Waals surface area (Å²) in [5.41, 5.74) is 4.66. The van der Waals surface area contributed by atoms with E-state index in [-0.39, 0.29) is 31.2 Å². The van der Waals surface area contributed by atoms with Gasteiger partial charge in [0.15, 0.2) is 0 Å². The van der Waals surface area contributed by atoms with Gasteiger partial charge in [0.25, 0.3) is 0 Å². The first-order valence-corrected chi connectivity index (χ1v) is 14.7. The highest BCUT2D eigenvalue weighted by atomic mass is 19.4. The van der Waals surface area contributed by atoms with Crippen molar-refractivity contribution in [3.63, 3.8) is 0 Å². The zero-order chi connectivity index (χ0) is 31.0. The largest absolute Gasteiger partial charge is 0.481 e. The molecular formula is C35H38F3NO4. The molecule has 0 radical (unpaired) electrons. The van der Waals surface area contributed by atoms with Crippen molar-refractivity contribution in [3.8, 4) is 11.3 Å². The summed E-state index contributed by atoms with van der Waals surface area (Å²) >= 11 is 0. The Morgan fingerprint density at radius 3 is 2.16 bits per heavy atom. The maximum absolute atomic E-state index is 13.7. The van der Waals surface area contributed by atoms with Crippen molar-refractivity contribution < 1.29 is 32.6 Å². The molecule has 0 spiro atoms. The quantitative estimate of drug-likeness (QED) is 0.179. The number of fused-ring (bicyclic) bond motifs is 1. The number of carboxylic acids is 1. The summed E-state index contributed by atoms with van der Waals surface area (Å²) in [6, 6.07) is 23.4. The number of alkyl halides is 3. The number of nitrogens with one attached hydrogen (secondary N) is 1. The summed E-state index contributed by atoms with van der Waals surface area (Å²) in [7, 11) is 0. The van der Waals surface area contributed by atoms with Gasteiger partial charge in [-0.3, -0.25) is 10.1 Å². The first-order valence-electron chi connectivity index (χ1n) is 14.7. The van der Waals surface area contributed by atoms with Crippen LogP contribution >= 0.6 is 0 Å². The maximum Gasteiger partial charge on any atom is 0.391 e. The number of hydrogen-bond acceptors (Lipinski definition) is 4. The lowest BCUT2D eigenvalue weighted by Crippen LogP contribution is -2.37. The Morgan fingerprint density at radius 2 is 1.58 bits per heavy atom. The molecule has 1 aliphatic rings. The van der Waals surface area contributed by atoms with E-state index >= 15 is 0 Å². The van der Waals surface area contributed by atoms with Crippen molar-refractivity contribution in [2.45, 2.75) is 76.1 Å². The van der Waals surface area contributed by atoms with Gasteiger partial charge in [-0.15, -0.1) is 0 Å². The number of rotatable bonds is 8. The van der Waals surface area contributed by atoms with Crippen LogP contribution in [0.5, 0.6) is 0 Å². The van der Waals surface area contributed by atoms with Crippen molar-refractivity contribution in [1.82, 2.24) is 5.32 Å². The fourth-order valence-electron chi connectivity index (χ4n) is 6.22. The Morgan fingerprint density at radius 1 is 0.953 bits per heavy atom. The molecule has 3 aromatic carbocycles. The highest BCUT2D eigenvalue weighted by molar-refractivity contribution is 5.84. The predicted molar refractivity (Wildman–Crippen MR) is 161 cm³/mol. The molecule has 3 N–H and O–H groups in total. The molecule has 1 aliphatic carbocycles. The Bertz CT molecular complexity index is 1560. The van der Waals surface area contributed by atoms with E-state index in [1.54, 1.807) is 12.1 Å². The lowest BCUT2D eigenvalue weighted by atomic mass is 9.63. The third-order valence-corrected chi connectivity index (χ3v) is 8.86. The zero-order valence-electron chi connectivity index (χ0n) is 24.7. The molecule has 1 unspecified atom stereocenters. The minimum absolute atomic E-state index is 0.0272. The number of aliphatic hydroxyl groups excluding tert-OH is 1. The Labute approximate surface area is 249 Å². The number of carbonyl (C=O) groups is 1. The van der Waals surface area contributed by atoms with Crippen LogP contribution in [0.1, 0.15) is 81.4 Å². The topological polar surface area (TPSA) is 82.7 Å². The summed E-state index contributed by atoms with van der Waals surface area (Å²) in [6.45, 7) is 6.60. The van der Waals surface area contributed by atoms with Crippen LogP contribution in [0, 0.1) is 5.92 Å². The van der Waals surface area contributed by atoms with E-state index in [9.17, 15) is 23.1 Å². The molecule has 5 nitrogen and oxygen atoms in total. The van der Waals surface area contributed by atoms with Crippen molar-refractivity contribution in [2.75, 3.05) is 6.54 Å². The summed E-state index contributed by atoms with van der Waals surface area (Å²) < 4.78 is 47.2. The van der Waals surface area contributed by atoms with E-state index < -0.39 is 29.7 Å². The molecule has 1 atom stereocenters. The van der Waals surface area contributed by atoms with Crippen LogP contribution in [0.15, 0.2) is 77.2 Å². The van der Waals surface area contributed by atoms with Crippen LogP contribution in [0.3, 0.4) is 0 Å². The lowest BCUT2D eigenvalue weighted by Gasteiger charge is -2.42. The minimum Gasteiger partial charge on any atom is -0.481 e. The van der Waals surface area contributed by atoms with Gasteiger partial charge in [-0.25, -0.2) is 0 Å². The third-order valence-electron chi connectivity index (χ3n) is 8.86. The lowest BCUT2D eigenvalue weighted by molar-refractivity contribution is -0.184. The molecular weight excluding hydrogens is 555 g/mol. The molecule has 4 aromatic rings. The first kappa shape index (κ1) is 30.8. The van der Waals surface area contributed by atoms with Crippen molar-refractivity contribution >= 4 is 16.9 Å². The van der Waals surface area contributed by atoms with Crippen LogP contribution in [0.25, 0.3) is 22.3 Å². The number of aliphatic carboxylic acids is 1. The van der Waals surface area contributed by atoms with E-state index in [1.807, 2.05) is 48.5 Å². The monoisotopic (exact) mass is 593 g/mol. The van der Waals surface area contributed by atoms with Gasteiger partial charge in [0, 0.05) is 22.9 Å². The normalized spacial score (nSPS) is 20.3. The summed E-state index contributed by atoms with van der Waals surface area (Å²) in [4.78, 5) is 10.8. The highest BCUT2D eigenvalue weighted by Crippen LogP contribution is 2.50. The minimum atomic E-state index is -4.23. The molecule has 1 heterocycles. The van der Waals surface area contributed by atoms with Gasteiger partial charge < -0.3 is 14.6 Å². The number of furan rings is 1. The second kappa shape index (κ2) is 11.8. The molecule has 0 amide bonds. The van der Waals surface area contributed by atoms with Gasteiger partial charge in [0.1, 0.15) is 17.6 Å². The number of benzene rings is 3. The van der Waals surface area contributed by atoms with E-state index in [0.29, 0.717) is 24.0 Å². The van der Waals surface area contributed by atoms with E-state index in [1.165, 1.54) is 5.56 Å². The number of halogens is 3. The number of carboxylic acid groups (broad SMARTS) is 1. The smallest absolute Gasteiger partial charge is 0.391 e. The average Bonchev–Trinajstić information content (AvgIpc) is 3.40. The fourth-order valence-corrected chi connectivity index (χ4v) is 6.22. The highest BCUT2D eigenvalue weighted by Gasteiger charge is 2.47. The number of aliphatic hydroxyl groups is 1. The van der Waals surface area contributed by atoms with Gasteiger partial charge in [0.2, 0.25) is 0 Å². The van der Waals surface area contributed by atoms with E-state index in [0.717, 1.165) is 27.8 Å². The van der Waals surface area contributed by atoms with Crippen LogP contribution in [0.4, 0.5) is 13.2 Å². The van der Waals surface area contributed by atoms with Crippen molar-refractivity contribution in [2.24, 2.45) is 5.92 Å². The van der Waals surface area contributed by atoms with Gasteiger partial charge in [-0.2, -0.15) is 13.2 Å². The molecule has 0 aliphatic heterocycles. The van der Waals surface area contributed by atoms with E-state index in [4.69, 9.17) is 9.52 Å². The second-order valence-corrected chi connectivity index (χ2v) is 12.7. The third kappa shape index (κ3) is 6.65. The van der Waals surface area contributed by atoms with Crippen molar-refractivity contribution in [1.29, 1.82) is 0 Å². The molecule has 1 aromatic heterocycles. The zero-order valence-corrected chi connectivity index (χ0v) is 24.7. The first-order chi connectivity index (χ1) is 20.3. The summed E-state index contributed by atoms with van der Waals surface area (Å²) in [5.74, 6) is -1.57. The number of hydrogen-bond donors (Lipinski definition) is 3. The molecule has 8 heteroatoms. The molecule has 1 fully saturated rings. The van der Waals surface area contributed by atoms with Crippen LogP contribution in [-0.2, 0) is 15.6 Å². The molecule has 0 saturated heterocycles. The average molecular weight is 594 g/mol. The van der Waals surface area contributed by atoms with Crippen LogP contribution in [0.2, 0.25) is 0 Å². The summed E-state index contributed by atoms with van der Waals surface area (Å²) in [5, 5.41) is 23.0. The standard InChI is InChI=1S/C35H38F3NO4/c1-33(2,3)25-8-4-22(5-9-25)30-21-24-20-28(12-13-29(24)43-30)34(17-14-27(15-18-34)35(36,37)38)26-10-6-23(7-11-26)32(42)39-19-16-31(40)41/h4-13,20-21,27,32,39,42H,14-19H2,1-3H3,(H,40,41). The van der Waals surface area contributed by atoms with Crippen molar-refractivity contribution in [3.05, 3.63) is 95.1 Å². The Balaban J connectivity index is 1.47. The van der Waals surface area contributed by atoms with Gasteiger partial charge in [-0.1, -0.05) is 75.4 Å². The van der Waals surface area contributed by atoms with Gasteiger partial charge in [0.05, 0.1) is 12.3 Å². The molecule has 43 heavy (non-hydrogen) atoms. The maximum atomic E-state index is 13.7. The predicted octanol–water partition coefficient (Wildman–Crippen LogP) is 8.49. The molecule has 0 bridgehead atoms. The summed E-state index contributed by atoms with van der Waals surface area (Å²) in [6.07, 6.45) is -4.68. The van der Waals surface area contributed by atoms with Crippen LogP contribution < -0.4 is 5.32 Å². The molecule has 1 saturated carbocycles. The van der Waals surface area contributed by atoms with Gasteiger partial charge >= 0.3 is 12.1 Å². The molecule has 228 valence electrons. The Kier molecular flexibility index (Phi) is 8.47. The Hall–Kier alpha value is -3.62.